The number of rotatable bonds is 3. The van der Waals surface area contributed by atoms with E-state index in [-0.39, 0.29) is 6.04 Å². The zero-order valence-corrected chi connectivity index (χ0v) is 11.6. The monoisotopic (exact) mass is 309 g/mol. The Bertz CT molecular complexity index is 620. The normalized spacial score (nSPS) is 18.4. The van der Waals surface area contributed by atoms with Gasteiger partial charge in [0.05, 0.1) is 24.0 Å². The maximum Gasteiger partial charge on any atom is 0.416 e. The summed E-state index contributed by atoms with van der Waals surface area (Å²) in [6.07, 6.45) is 0.800. The number of hydrogen-bond donors (Lipinski definition) is 1. The molecule has 1 aromatic heterocycles. The van der Waals surface area contributed by atoms with Gasteiger partial charge in [0.1, 0.15) is 11.6 Å². The van der Waals surface area contributed by atoms with Gasteiger partial charge in [-0.15, -0.1) is 0 Å². The first-order chi connectivity index (χ1) is 10.5. The minimum absolute atomic E-state index is 0.167. The van der Waals surface area contributed by atoms with Crippen LogP contribution in [0.1, 0.15) is 30.3 Å². The smallest absolute Gasteiger partial charge is 0.416 e. The van der Waals surface area contributed by atoms with Crippen LogP contribution >= 0.6 is 0 Å². The molecule has 4 nitrogen and oxygen atoms in total. The predicted octanol–water partition coefficient (Wildman–Crippen LogP) is 3.71. The van der Waals surface area contributed by atoms with Crippen molar-refractivity contribution in [2.24, 2.45) is 0 Å². The number of hydrogen-bond acceptors (Lipinski definition) is 4. The van der Waals surface area contributed by atoms with Gasteiger partial charge in [-0.25, -0.2) is 9.97 Å². The third-order valence-corrected chi connectivity index (χ3v) is 3.44. The number of nitrogens with zero attached hydrogens (tertiary/aromatic N) is 2. The van der Waals surface area contributed by atoms with Crippen molar-refractivity contribution in [1.29, 1.82) is 0 Å². The van der Waals surface area contributed by atoms with Gasteiger partial charge in [0, 0.05) is 0 Å². The Morgan fingerprint density at radius 1 is 1.05 bits per heavy atom. The van der Waals surface area contributed by atoms with Crippen molar-refractivity contribution in [2.45, 2.75) is 25.1 Å². The highest BCUT2D eigenvalue weighted by molar-refractivity contribution is 5.32. The highest BCUT2D eigenvalue weighted by Gasteiger charge is 2.30. The SMILES string of the molecule is FC(F)(F)c1ccc(Oc2cnc(C3CCCN3)nc2)cc1. The van der Waals surface area contributed by atoms with Crippen molar-refractivity contribution >= 4 is 0 Å². The van der Waals surface area contributed by atoms with E-state index in [0.29, 0.717) is 17.3 Å². The van der Waals surface area contributed by atoms with Gasteiger partial charge in [0.2, 0.25) is 0 Å². The summed E-state index contributed by atoms with van der Waals surface area (Å²) in [5.74, 6) is 1.40. The third kappa shape index (κ3) is 3.36. The molecule has 1 unspecified atom stereocenters. The quantitative estimate of drug-likeness (QED) is 0.939. The first kappa shape index (κ1) is 14.8. The molecule has 0 aliphatic carbocycles. The molecule has 1 aromatic carbocycles. The molecule has 0 saturated carbocycles. The van der Waals surface area contributed by atoms with Crippen molar-refractivity contribution in [2.75, 3.05) is 6.54 Å². The second kappa shape index (κ2) is 5.92. The van der Waals surface area contributed by atoms with E-state index in [9.17, 15) is 13.2 Å². The number of benzene rings is 1. The van der Waals surface area contributed by atoms with Gasteiger partial charge in [0.15, 0.2) is 5.75 Å². The van der Waals surface area contributed by atoms with Gasteiger partial charge in [-0.2, -0.15) is 13.2 Å². The molecule has 22 heavy (non-hydrogen) atoms. The Labute approximate surface area is 125 Å². The van der Waals surface area contributed by atoms with E-state index >= 15 is 0 Å². The minimum atomic E-state index is -4.35. The van der Waals surface area contributed by atoms with Crippen molar-refractivity contribution in [1.82, 2.24) is 15.3 Å². The van der Waals surface area contributed by atoms with Crippen LogP contribution < -0.4 is 10.1 Å². The standard InChI is InChI=1S/C15H14F3N3O/c16-15(17,18)10-3-5-11(6-4-10)22-12-8-20-14(21-9-12)13-2-1-7-19-13/h3-6,8-9,13,19H,1-2,7H2. The largest absolute Gasteiger partial charge is 0.454 e. The summed E-state index contributed by atoms with van der Waals surface area (Å²) in [5.41, 5.74) is -0.709. The summed E-state index contributed by atoms with van der Waals surface area (Å²) < 4.78 is 42.9. The van der Waals surface area contributed by atoms with Crippen molar-refractivity contribution in [3.05, 3.63) is 48.0 Å². The molecule has 0 radical (unpaired) electrons. The molecule has 1 atom stereocenters. The zero-order chi connectivity index (χ0) is 15.6. The topological polar surface area (TPSA) is 47.0 Å². The second-order valence-corrected chi connectivity index (χ2v) is 5.05. The van der Waals surface area contributed by atoms with E-state index in [1.807, 2.05) is 0 Å². The summed E-state index contributed by atoms with van der Waals surface area (Å²) in [5, 5.41) is 3.29. The molecular formula is C15H14F3N3O. The van der Waals surface area contributed by atoms with Gasteiger partial charge in [0.25, 0.3) is 0 Å². The Morgan fingerprint density at radius 2 is 1.73 bits per heavy atom. The molecule has 2 heterocycles. The summed E-state index contributed by atoms with van der Waals surface area (Å²) in [6.45, 7) is 0.956. The predicted molar refractivity (Wildman–Crippen MR) is 73.5 cm³/mol. The lowest BCUT2D eigenvalue weighted by Crippen LogP contribution is -2.15. The first-order valence-electron chi connectivity index (χ1n) is 6.93. The lowest BCUT2D eigenvalue weighted by Gasteiger charge is -2.10. The fraction of sp³-hybridized carbons (Fsp3) is 0.333. The van der Waals surface area contributed by atoms with Gasteiger partial charge >= 0.3 is 6.18 Å². The summed E-state index contributed by atoms with van der Waals surface area (Å²) in [4.78, 5) is 8.47. The van der Waals surface area contributed by atoms with E-state index in [4.69, 9.17) is 4.74 Å². The van der Waals surface area contributed by atoms with E-state index in [1.54, 1.807) is 0 Å². The molecule has 2 aromatic rings. The van der Waals surface area contributed by atoms with Crippen LogP contribution in [0.3, 0.4) is 0 Å². The van der Waals surface area contributed by atoms with Crippen LogP contribution in [0.15, 0.2) is 36.7 Å². The van der Waals surface area contributed by atoms with Gasteiger partial charge in [-0.3, -0.25) is 0 Å². The number of aromatic nitrogens is 2. The molecule has 1 saturated heterocycles. The first-order valence-corrected chi connectivity index (χ1v) is 6.93. The molecule has 116 valence electrons. The van der Waals surface area contributed by atoms with Crippen molar-refractivity contribution in [3.8, 4) is 11.5 Å². The maximum atomic E-state index is 12.5. The summed E-state index contributed by atoms with van der Waals surface area (Å²) in [7, 11) is 0. The van der Waals surface area contributed by atoms with E-state index < -0.39 is 11.7 Å². The molecule has 1 fully saturated rings. The van der Waals surface area contributed by atoms with Crippen molar-refractivity contribution in [3.63, 3.8) is 0 Å². The number of nitrogens with one attached hydrogen (secondary N) is 1. The average Bonchev–Trinajstić information content (AvgIpc) is 3.02. The highest BCUT2D eigenvalue weighted by Crippen LogP contribution is 2.31. The third-order valence-electron chi connectivity index (χ3n) is 3.44. The molecule has 1 aliphatic heterocycles. The van der Waals surface area contributed by atoms with Gasteiger partial charge in [-0.05, 0) is 43.7 Å². The summed E-state index contributed by atoms with van der Waals surface area (Å²) >= 11 is 0. The lowest BCUT2D eigenvalue weighted by atomic mass is 10.2. The Kier molecular flexibility index (Phi) is 3.98. The zero-order valence-electron chi connectivity index (χ0n) is 11.6. The Morgan fingerprint density at radius 3 is 2.27 bits per heavy atom. The Balaban J connectivity index is 1.67. The fourth-order valence-electron chi connectivity index (χ4n) is 2.31. The molecule has 1 N–H and O–H groups in total. The molecule has 3 rings (SSSR count). The van der Waals surface area contributed by atoms with Crippen LogP contribution in [0.2, 0.25) is 0 Å². The Hall–Kier alpha value is -2.15. The maximum absolute atomic E-state index is 12.5. The molecule has 0 bridgehead atoms. The number of halogens is 3. The van der Waals surface area contributed by atoms with Crippen LogP contribution in [0.4, 0.5) is 13.2 Å². The fourth-order valence-corrected chi connectivity index (χ4v) is 2.31. The highest BCUT2D eigenvalue weighted by atomic mass is 19.4. The van der Waals surface area contributed by atoms with Gasteiger partial charge in [-0.1, -0.05) is 0 Å². The molecule has 0 spiro atoms. The lowest BCUT2D eigenvalue weighted by molar-refractivity contribution is -0.137. The van der Waals surface area contributed by atoms with E-state index in [0.717, 1.165) is 31.5 Å². The minimum Gasteiger partial charge on any atom is -0.454 e. The molecule has 7 heteroatoms. The van der Waals surface area contributed by atoms with Crippen molar-refractivity contribution < 1.29 is 17.9 Å². The van der Waals surface area contributed by atoms with E-state index in [1.165, 1.54) is 24.5 Å². The molecule has 1 aliphatic rings. The van der Waals surface area contributed by atoms with E-state index in [2.05, 4.69) is 15.3 Å². The van der Waals surface area contributed by atoms with Crippen LogP contribution in [-0.4, -0.2) is 16.5 Å². The molecule has 0 amide bonds. The van der Waals surface area contributed by atoms with Gasteiger partial charge < -0.3 is 10.1 Å². The number of alkyl halides is 3. The second-order valence-electron chi connectivity index (χ2n) is 5.05. The number of ether oxygens (including phenoxy) is 1. The average molecular weight is 309 g/mol. The molecular weight excluding hydrogens is 295 g/mol. The van der Waals surface area contributed by atoms with Crippen LogP contribution in [-0.2, 0) is 6.18 Å². The summed E-state index contributed by atoms with van der Waals surface area (Å²) in [6, 6.07) is 4.67. The van der Waals surface area contributed by atoms with Crippen LogP contribution in [0, 0.1) is 0 Å². The van der Waals surface area contributed by atoms with Crippen LogP contribution in [0.25, 0.3) is 0 Å². The van der Waals surface area contributed by atoms with Crippen LogP contribution in [0.5, 0.6) is 11.5 Å².